The number of carbonyl (C=O) groups excluding carboxylic acids is 1. The monoisotopic (exact) mass is 372 g/mol. The van der Waals surface area contributed by atoms with E-state index in [1.54, 1.807) is 7.05 Å². The van der Waals surface area contributed by atoms with Gasteiger partial charge < -0.3 is 10.2 Å². The Hall–Kier alpha value is -0.900. The van der Waals surface area contributed by atoms with Crippen molar-refractivity contribution in [1.82, 2.24) is 20.1 Å². The van der Waals surface area contributed by atoms with Gasteiger partial charge in [0.1, 0.15) is 5.01 Å². The van der Waals surface area contributed by atoms with Crippen molar-refractivity contribution < 1.29 is 18.0 Å². The minimum absolute atomic E-state index is 0. The molecule has 1 aromatic heterocycles. The lowest BCUT2D eigenvalue weighted by molar-refractivity contribution is -0.140. The van der Waals surface area contributed by atoms with Crippen molar-refractivity contribution in [3.63, 3.8) is 0 Å². The highest BCUT2D eigenvalue weighted by Gasteiger charge is 2.33. The maximum Gasteiger partial charge on any atom is 0.434 e. The molecule has 2 heterocycles. The molecule has 23 heavy (non-hydrogen) atoms. The predicted octanol–water partition coefficient (Wildman–Crippen LogP) is 1.84. The van der Waals surface area contributed by atoms with E-state index in [-0.39, 0.29) is 18.3 Å². The number of rotatable bonds is 5. The second kappa shape index (κ2) is 8.81. The van der Waals surface area contributed by atoms with Crippen molar-refractivity contribution in [2.45, 2.75) is 19.1 Å². The molecule has 132 valence electrons. The number of thiazole rings is 1. The summed E-state index contributed by atoms with van der Waals surface area (Å²) >= 11 is 0.991. The second-order valence-electron chi connectivity index (χ2n) is 5.24. The van der Waals surface area contributed by atoms with Gasteiger partial charge in [-0.15, -0.1) is 23.7 Å². The molecule has 0 aliphatic carbocycles. The van der Waals surface area contributed by atoms with Gasteiger partial charge in [-0.2, -0.15) is 13.2 Å². The molecule has 0 atom stereocenters. The summed E-state index contributed by atoms with van der Waals surface area (Å²) in [6.07, 6.45) is -4.03. The number of hydrogen-bond donors (Lipinski definition) is 1. The van der Waals surface area contributed by atoms with Crippen LogP contribution < -0.4 is 5.32 Å². The van der Waals surface area contributed by atoms with Gasteiger partial charge in [-0.05, 0) is 7.05 Å². The van der Waals surface area contributed by atoms with Gasteiger partial charge in [-0.1, -0.05) is 0 Å². The summed E-state index contributed by atoms with van der Waals surface area (Å²) in [7, 11) is 1.78. The Bertz CT molecular complexity index is 506. The molecule has 0 aromatic carbocycles. The third-order valence-corrected chi connectivity index (χ3v) is 4.26. The van der Waals surface area contributed by atoms with E-state index in [0.717, 1.165) is 29.8 Å². The van der Waals surface area contributed by atoms with Crippen molar-refractivity contribution in [3.05, 3.63) is 16.1 Å². The van der Waals surface area contributed by atoms with Gasteiger partial charge in [0.15, 0.2) is 5.69 Å². The quantitative estimate of drug-likeness (QED) is 0.856. The Morgan fingerprint density at radius 2 is 2.09 bits per heavy atom. The van der Waals surface area contributed by atoms with E-state index in [0.29, 0.717) is 37.6 Å². The van der Waals surface area contributed by atoms with Gasteiger partial charge in [0.05, 0.1) is 6.54 Å². The molecule has 1 aromatic rings. The van der Waals surface area contributed by atoms with Crippen LogP contribution in [-0.4, -0.2) is 60.5 Å². The average Bonchev–Trinajstić information content (AvgIpc) is 2.94. The molecule has 10 heteroatoms. The van der Waals surface area contributed by atoms with E-state index in [2.05, 4.69) is 10.3 Å². The first-order chi connectivity index (χ1) is 10.4. The fraction of sp³-hybridized carbons (Fsp3) is 0.692. The zero-order valence-electron chi connectivity index (χ0n) is 12.7. The fourth-order valence-corrected chi connectivity index (χ4v) is 3.06. The number of nitrogens with one attached hydrogen (secondary N) is 1. The highest BCUT2D eigenvalue weighted by Crippen LogP contribution is 2.30. The minimum Gasteiger partial charge on any atom is -0.340 e. The molecule has 0 bridgehead atoms. The Labute approximate surface area is 143 Å². The Kier molecular flexibility index (Phi) is 7.72. The fourth-order valence-electron chi connectivity index (χ4n) is 2.18. The molecular weight excluding hydrogens is 353 g/mol. The highest BCUT2D eigenvalue weighted by molar-refractivity contribution is 7.09. The molecular formula is C13H20ClF3N4OS. The number of carbonyl (C=O) groups is 1. The number of hydrogen-bond acceptors (Lipinski definition) is 5. The summed E-state index contributed by atoms with van der Waals surface area (Å²) in [6, 6.07) is 0. The molecule has 1 N–H and O–H groups in total. The molecule has 1 amide bonds. The van der Waals surface area contributed by atoms with Crippen LogP contribution in [0.4, 0.5) is 13.2 Å². The molecule has 0 saturated carbocycles. The predicted molar refractivity (Wildman–Crippen MR) is 84.8 cm³/mol. The zero-order chi connectivity index (χ0) is 16.2. The van der Waals surface area contributed by atoms with Crippen molar-refractivity contribution in [2.24, 2.45) is 0 Å². The van der Waals surface area contributed by atoms with E-state index in [1.807, 2.05) is 9.80 Å². The first kappa shape index (κ1) is 20.1. The van der Waals surface area contributed by atoms with Crippen molar-refractivity contribution in [2.75, 3.05) is 39.8 Å². The van der Waals surface area contributed by atoms with E-state index < -0.39 is 11.9 Å². The smallest absolute Gasteiger partial charge is 0.340 e. The number of halogens is 4. The molecule has 1 aliphatic rings. The van der Waals surface area contributed by atoms with Crippen LogP contribution in [0.5, 0.6) is 0 Å². The minimum atomic E-state index is -4.40. The maximum absolute atomic E-state index is 12.5. The Balaban J connectivity index is 0.00000264. The Morgan fingerprint density at radius 3 is 2.65 bits per heavy atom. The summed E-state index contributed by atoms with van der Waals surface area (Å²) in [5, 5.41) is 4.61. The van der Waals surface area contributed by atoms with Crippen LogP contribution in [0.2, 0.25) is 0 Å². The standard InChI is InChI=1S/C13H19F3N4OS.ClH/c1-19(5-2-12(21)20-6-3-17-4-7-20)8-11-18-10(9-22-11)13(14,15)16;/h9,17H,2-8H2,1H3;1H. The topological polar surface area (TPSA) is 48.5 Å². The third kappa shape index (κ3) is 6.25. The van der Waals surface area contributed by atoms with Crippen molar-refractivity contribution >= 4 is 29.7 Å². The normalized spacial score (nSPS) is 15.6. The second-order valence-corrected chi connectivity index (χ2v) is 6.19. The van der Waals surface area contributed by atoms with E-state index in [4.69, 9.17) is 0 Å². The highest BCUT2D eigenvalue weighted by atomic mass is 35.5. The number of nitrogens with zero attached hydrogens (tertiary/aromatic N) is 3. The van der Waals surface area contributed by atoms with Crippen LogP contribution in [0.1, 0.15) is 17.1 Å². The van der Waals surface area contributed by atoms with Crippen molar-refractivity contribution in [3.8, 4) is 0 Å². The number of aromatic nitrogens is 1. The summed E-state index contributed by atoms with van der Waals surface area (Å²) in [5.74, 6) is 0.0865. The van der Waals surface area contributed by atoms with Gasteiger partial charge >= 0.3 is 6.18 Å². The molecule has 0 unspecified atom stereocenters. The van der Waals surface area contributed by atoms with Gasteiger partial charge in [0.25, 0.3) is 0 Å². The summed E-state index contributed by atoms with van der Waals surface area (Å²) in [6.45, 7) is 3.86. The van der Waals surface area contributed by atoms with Crippen LogP contribution in [-0.2, 0) is 17.5 Å². The van der Waals surface area contributed by atoms with Crippen LogP contribution in [0.15, 0.2) is 5.38 Å². The van der Waals surface area contributed by atoms with Crippen LogP contribution in [0, 0.1) is 0 Å². The lowest BCUT2D eigenvalue weighted by Crippen LogP contribution is -2.47. The number of amides is 1. The third-order valence-electron chi connectivity index (χ3n) is 3.42. The molecule has 0 radical (unpaired) electrons. The first-order valence-corrected chi connectivity index (χ1v) is 7.93. The van der Waals surface area contributed by atoms with Gasteiger partial charge in [0.2, 0.25) is 5.91 Å². The van der Waals surface area contributed by atoms with Gasteiger partial charge in [0, 0.05) is 44.5 Å². The van der Waals surface area contributed by atoms with Crippen molar-refractivity contribution in [1.29, 1.82) is 0 Å². The van der Waals surface area contributed by atoms with Crippen LogP contribution in [0.3, 0.4) is 0 Å². The number of piperazine rings is 1. The molecule has 5 nitrogen and oxygen atoms in total. The lowest BCUT2D eigenvalue weighted by atomic mass is 10.3. The molecule has 2 rings (SSSR count). The van der Waals surface area contributed by atoms with E-state index >= 15 is 0 Å². The van der Waals surface area contributed by atoms with Crippen LogP contribution >= 0.6 is 23.7 Å². The Morgan fingerprint density at radius 1 is 1.43 bits per heavy atom. The van der Waals surface area contributed by atoms with E-state index in [1.165, 1.54) is 0 Å². The molecule has 1 aliphatic heterocycles. The summed E-state index contributed by atoms with van der Waals surface area (Å²) < 4.78 is 37.4. The van der Waals surface area contributed by atoms with Gasteiger partial charge in [-0.3, -0.25) is 9.69 Å². The number of alkyl halides is 3. The van der Waals surface area contributed by atoms with Crippen LogP contribution in [0.25, 0.3) is 0 Å². The van der Waals surface area contributed by atoms with Gasteiger partial charge in [-0.25, -0.2) is 4.98 Å². The molecule has 1 saturated heterocycles. The SMILES string of the molecule is CN(CCC(=O)N1CCNCC1)Cc1nc(C(F)(F)F)cs1.Cl. The largest absolute Gasteiger partial charge is 0.434 e. The molecule has 1 fully saturated rings. The summed E-state index contributed by atoms with van der Waals surface area (Å²) in [4.78, 5) is 19.2. The first-order valence-electron chi connectivity index (χ1n) is 7.05. The zero-order valence-corrected chi connectivity index (χ0v) is 14.4. The lowest BCUT2D eigenvalue weighted by Gasteiger charge is -2.28. The van der Waals surface area contributed by atoms with E-state index in [9.17, 15) is 18.0 Å². The summed E-state index contributed by atoms with van der Waals surface area (Å²) in [5.41, 5.74) is -0.849. The average molecular weight is 373 g/mol. The molecule has 0 spiro atoms. The maximum atomic E-state index is 12.5.